The average molecular weight is 184 g/mol. The van der Waals surface area contributed by atoms with E-state index >= 15 is 0 Å². The monoisotopic (exact) mass is 184 g/mol. The highest BCUT2D eigenvalue weighted by atomic mass is 15.2. The van der Waals surface area contributed by atoms with E-state index in [0.717, 1.165) is 0 Å². The molecule has 2 aromatic rings. The van der Waals surface area contributed by atoms with E-state index in [0.29, 0.717) is 0 Å². The van der Waals surface area contributed by atoms with E-state index in [2.05, 4.69) is 36.3 Å². The predicted octanol–water partition coefficient (Wildman–Crippen LogP) is 2.82. The van der Waals surface area contributed by atoms with Crippen LogP contribution in [0.1, 0.15) is 11.1 Å². The van der Waals surface area contributed by atoms with Crippen LogP contribution < -0.4 is 0 Å². The van der Waals surface area contributed by atoms with E-state index in [-0.39, 0.29) is 0 Å². The Morgan fingerprint density at radius 3 is 2.64 bits per heavy atom. The van der Waals surface area contributed by atoms with Gasteiger partial charge in [-0.2, -0.15) is 5.10 Å². The molecule has 1 aromatic heterocycles. The van der Waals surface area contributed by atoms with Gasteiger partial charge in [0.15, 0.2) is 0 Å². The third-order valence-corrected chi connectivity index (χ3v) is 2.02. The summed E-state index contributed by atoms with van der Waals surface area (Å²) in [4.78, 5) is 0. The first kappa shape index (κ1) is 8.75. The molecule has 2 nitrogen and oxygen atoms in total. The Balaban J connectivity index is 2.15. The summed E-state index contributed by atoms with van der Waals surface area (Å²) in [7, 11) is 0. The van der Waals surface area contributed by atoms with Crippen LogP contribution in [0.4, 0.5) is 0 Å². The summed E-state index contributed by atoms with van der Waals surface area (Å²) in [5.41, 5.74) is 2.47. The summed E-state index contributed by atoms with van der Waals surface area (Å²) >= 11 is 0. The highest BCUT2D eigenvalue weighted by molar-refractivity contribution is 5.60. The Bertz CT molecular complexity index is 410. The van der Waals surface area contributed by atoms with Crippen LogP contribution in [0.3, 0.4) is 0 Å². The molecule has 0 saturated carbocycles. The summed E-state index contributed by atoms with van der Waals surface area (Å²) in [5.74, 6) is 0. The second kappa shape index (κ2) is 3.92. The molecule has 2 heteroatoms. The van der Waals surface area contributed by atoms with Crippen LogP contribution in [-0.2, 0) is 0 Å². The molecule has 0 amide bonds. The summed E-state index contributed by atoms with van der Waals surface area (Å²) in [5, 5.41) is 4.08. The van der Waals surface area contributed by atoms with Crippen LogP contribution in [0.25, 0.3) is 12.3 Å². The SMILES string of the molecule is Cc1ccc(/C=C/n2cccn2)cc1. The Kier molecular flexibility index (Phi) is 2.45. The zero-order valence-corrected chi connectivity index (χ0v) is 8.09. The van der Waals surface area contributed by atoms with Crippen LogP contribution in [0.2, 0.25) is 0 Å². The fourth-order valence-corrected chi connectivity index (χ4v) is 1.21. The smallest absolute Gasteiger partial charge is 0.0493 e. The maximum Gasteiger partial charge on any atom is 0.0493 e. The maximum atomic E-state index is 4.08. The van der Waals surface area contributed by atoms with Gasteiger partial charge in [0.1, 0.15) is 0 Å². The topological polar surface area (TPSA) is 17.8 Å². The molecule has 1 heterocycles. The number of hydrogen-bond acceptors (Lipinski definition) is 1. The second-order valence-corrected chi connectivity index (χ2v) is 3.21. The molecule has 1 aromatic carbocycles. The quantitative estimate of drug-likeness (QED) is 0.701. The lowest BCUT2D eigenvalue weighted by Gasteiger charge is -1.94. The molecule has 0 aliphatic carbocycles. The van der Waals surface area contributed by atoms with Gasteiger partial charge in [-0.05, 0) is 24.6 Å². The van der Waals surface area contributed by atoms with Gasteiger partial charge in [0.2, 0.25) is 0 Å². The van der Waals surface area contributed by atoms with Crippen LogP contribution >= 0.6 is 0 Å². The minimum Gasteiger partial charge on any atom is -0.248 e. The maximum absolute atomic E-state index is 4.08. The third kappa shape index (κ3) is 2.10. The molecule has 0 bridgehead atoms. The van der Waals surface area contributed by atoms with Crippen molar-refractivity contribution in [2.45, 2.75) is 6.92 Å². The van der Waals surface area contributed by atoms with Crippen molar-refractivity contribution in [1.82, 2.24) is 9.78 Å². The number of aromatic nitrogens is 2. The molecule has 0 atom stereocenters. The van der Waals surface area contributed by atoms with E-state index in [9.17, 15) is 0 Å². The first-order valence-corrected chi connectivity index (χ1v) is 4.58. The minimum atomic E-state index is 1.19. The van der Waals surface area contributed by atoms with Crippen LogP contribution in [0.5, 0.6) is 0 Å². The number of rotatable bonds is 2. The van der Waals surface area contributed by atoms with Gasteiger partial charge >= 0.3 is 0 Å². The summed E-state index contributed by atoms with van der Waals surface area (Å²) in [6, 6.07) is 10.3. The fourth-order valence-electron chi connectivity index (χ4n) is 1.21. The van der Waals surface area contributed by atoms with Crippen molar-refractivity contribution in [1.29, 1.82) is 0 Å². The molecule has 0 fully saturated rings. The van der Waals surface area contributed by atoms with Crippen molar-refractivity contribution >= 4 is 12.3 Å². The molecule has 14 heavy (non-hydrogen) atoms. The standard InChI is InChI=1S/C12H12N2/c1-11-3-5-12(6-4-11)7-10-14-9-2-8-13-14/h2-10H,1H3/b10-7+. The van der Waals surface area contributed by atoms with Crippen LogP contribution in [-0.4, -0.2) is 9.78 Å². The summed E-state index contributed by atoms with van der Waals surface area (Å²) in [6.45, 7) is 2.08. The molecule has 0 N–H and O–H groups in total. The highest BCUT2D eigenvalue weighted by Gasteiger charge is 1.86. The Labute approximate surface area is 83.5 Å². The van der Waals surface area contributed by atoms with Gasteiger partial charge in [0.05, 0.1) is 0 Å². The summed E-state index contributed by atoms with van der Waals surface area (Å²) in [6.07, 6.45) is 7.64. The lowest BCUT2D eigenvalue weighted by Crippen LogP contribution is -1.84. The van der Waals surface area contributed by atoms with Crippen molar-refractivity contribution in [3.8, 4) is 0 Å². The number of benzene rings is 1. The lowest BCUT2D eigenvalue weighted by molar-refractivity contribution is 0.938. The number of hydrogen-bond donors (Lipinski definition) is 0. The van der Waals surface area contributed by atoms with Gasteiger partial charge in [-0.1, -0.05) is 29.8 Å². The van der Waals surface area contributed by atoms with Crippen molar-refractivity contribution in [3.05, 3.63) is 53.9 Å². The van der Waals surface area contributed by atoms with Crippen molar-refractivity contribution in [2.24, 2.45) is 0 Å². The second-order valence-electron chi connectivity index (χ2n) is 3.21. The third-order valence-electron chi connectivity index (χ3n) is 2.02. The molecule has 70 valence electrons. The molecule has 0 saturated heterocycles. The van der Waals surface area contributed by atoms with E-state index in [1.165, 1.54) is 11.1 Å². The molecule has 0 aliphatic rings. The minimum absolute atomic E-state index is 1.19. The van der Waals surface area contributed by atoms with Gasteiger partial charge in [0, 0.05) is 18.6 Å². The molecular weight excluding hydrogens is 172 g/mol. The number of nitrogens with zero attached hydrogens (tertiary/aromatic N) is 2. The molecule has 0 aliphatic heterocycles. The predicted molar refractivity (Wildman–Crippen MR) is 58.6 cm³/mol. The molecular formula is C12H12N2. The van der Waals surface area contributed by atoms with E-state index in [4.69, 9.17) is 0 Å². The first-order valence-electron chi connectivity index (χ1n) is 4.58. The van der Waals surface area contributed by atoms with Crippen molar-refractivity contribution in [3.63, 3.8) is 0 Å². The Morgan fingerprint density at radius 1 is 1.21 bits per heavy atom. The normalized spacial score (nSPS) is 10.9. The van der Waals surface area contributed by atoms with E-state index in [1.54, 1.807) is 10.9 Å². The average Bonchev–Trinajstić information content (AvgIpc) is 2.70. The molecule has 0 unspecified atom stereocenters. The lowest BCUT2D eigenvalue weighted by atomic mass is 10.1. The first-order chi connectivity index (χ1) is 6.84. The van der Waals surface area contributed by atoms with Gasteiger partial charge < -0.3 is 0 Å². The van der Waals surface area contributed by atoms with Crippen LogP contribution in [0.15, 0.2) is 42.7 Å². The highest BCUT2D eigenvalue weighted by Crippen LogP contribution is 2.05. The van der Waals surface area contributed by atoms with Crippen LogP contribution in [0, 0.1) is 6.92 Å². The van der Waals surface area contributed by atoms with Crippen molar-refractivity contribution < 1.29 is 0 Å². The van der Waals surface area contributed by atoms with Gasteiger partial charge in [-0.3, -0.25) is 0 Å². The molecule has 2 rings (SSSR count). The largest absolute Gasteiger partial charge is 0.248 e. The number of aryl methyl sites for hydroxylation is 1. The zero-order chi connectivity index (χ0) is 9.80. The van der Waals surface area contributed by atoms with E-state index in [1.807, 2.05) is 24.5 Å². The summed E-state index contributed by atoms with van der Waals surface area (Å²) < 4.78 is 1.78. The van der Waals surface area contributed by atoms with Crippen molar-refractivity contribution in [2.75, 3.05) is 0 Å². The Morgan fingerprint density at radius 2 is 2.00 bits per heavy atom. The Hall–Kier alpha value is -1.83. The van der Waals surface area contributed by atoms with Gasteiger partial charge in [-0.25, -0.2) is 4.68 Å². The fraction of sp³-hybridized carbons (Fsp3) is 0.0833. The molecule has 0 radical (unpaired) electrons. The zero-order valence-electron chi connectivity index (χ0n) is 8.09. The molecule has 0 spiro atoms. The van der Waals surface area contributed by atoms with E-state index < -0.39 is 0 Å². The van der Waals surface area contributed by atoms with Gasteiger partial charge in [-0.15, -0.1) is 0 Å². The van der Waals surface area contributed by atoms with Gasteiger partial charge in [0.25, 0.3) is 0 Å².